The van der Waals surface area contributed by atoms with Gasteiger partial charge in [0, 0.05) is 43.1 Å². The molecule has 0 spiro atoms. The highest BCUT2D eigenvalue weighted by atomic mass is 16.6. The molecule has 2 N–H and O–H groups in total. The van der Waals surface area contributed by atoms with Crippen LogP contribution in [0.25, 0.3) is 0 Å². The van der Waals surface area contributed by atoms with Crippen molar-refractivity contribution in [1.82, 2.24) is 4.90 Å². The van der Waals surface area contributed by atoms with Crippen LogP contribution in [-0.2, 0) is 0 Å². The molecular weight excluding hydrogens is 268 g/mol. The average Bonchev–Trinajstić information content (AvgIpc) is 2.88. The summed E-state index contributed by atoms with van der Waals surface area (Å²) in [4.78, 5) is 13.0. The van der Waals surface area contributed by atoms with Gasteiger partial charge in [0.25, 0.3) is 5.69 Å². The number of benzene rings is 1. The highest BCUT2D eigenvalue weighted by molar-refractivity contribution is 5.63. The van der Waals surface area contributed by atoms with E-state index in [2.05, 4.69) is 29.5 Å². The predicted octanol–water partition coefficient (Wildman–Crippen LogP) is 2.78. The van der Waals surface area contributed by atoms with Crippen LogP contribution in [0.1, 0.15) is 19.8 Å². The summed E-state index contributed by atoms with van der Waals surface area (Å²) in [6.45, 7) is 5.96. The zero-order valence-corrected chi connectivity index (χ0v) is 12.8. The van der Waals surface area contributed by atoms with Gasteiger partial charge in [-0.25, -0.2) is 0 Å². The number of likely N-dealkylation sites (tertiary alicyclic amines) is 1. The summed E-state index contributed by atoms with van der Waals surface area (Å²) in [6, 6.07) is 5.14. The standard InChI is InChI=1S/C15H24N4O2/c1-3-5-16-13-7-14(9-15(8-13)19(20)21)17-10-12-4-6-18(2)11-12/h7-9,12,16-17H,3-6,10-11H2,1-2H3. The summed E-state index contributed by atoms with van der Waals surface area (Å²) in [7, 11) is 2.13. The molecule has 6 nitrogen and oxygen atoms in total. The van der Waals surface area contributed by atoms with E-state index in [0.29, 0.717) is 5.92 Å². The molecule has 0 amide bonds. The number of nitrogens with zero attached hydrogens (tertiary/aromatic N) is 2. The van der Waals surface area contributed by atoms with E-state index in [-0.39, 0.29) is 10.6 Å². The Balaban J connectivity index is 2.02. The van der Waals surface area contributed by atoms with Crippen LogP contribution in [0.2, 0.25) is 0 Å². The second-order valence-electron chi connectivity index (χ2n) is 5.75. The van der Waals surface area contributed by atoms with Crippen molar-refractivity contribution in [3.63, 3.8) is 0 Å². The molecule has 0 radical (unpaired) electrons. The summed E-state index contributed by atoms with van der Waals surface area (Å²) in [6.07, 6.45) is 2.17. The van der Waals surface area contributed by atoms with Gasteiger partial charge in [0.2, 0.25) is 0 Å². The molecule has 1 aliphatic heterocycles. The molecule has 1 fully saturated rings. The lowest BCUT2D eigenvalue weighted by atomic mass is 10.1. The van der Waals surface area contributed by atoms with Crippen LogP contribution in [0.5, 0.6) is 0 Å². The maximum absolute atomic E-state index is 11.0. The summed E-state index contributed by atoms with van der Waals surface area (Å²) < 4.78 is 0. The predicted molar refractivity (Wildman–Crippen MR) is 86.0 cm³/mol. The first kappa shape index (κ1) is 15.6. The third-order valence-corrected chi connectivity index (χ3v) is 3.79. The Bertz CT molecular complexity index is 493. The minimum atomic E-state index is -0.342. The Morgan fingerprint density at radius 3 is 2.62 bits per heavy atom. The van der Waals surface area contributed by atoms with E-state index >= 15 is 0 Å². The van der Waals surface area contributed by atoms with Crippen molar-refractivity contribution in [2.24, 2.45) is 5.92 Å². The topological polar surface area (TPSA) is 70.4 Å². The van der Waals surface area contributed by atoms with Crippen LogP contribution in [0.3, 0.4) is 0 Å². The van der Waals surface area contributed by atoms with Gasteiger partial charge in [0.15, 0.2) is 0 Å². The van der Waals surface area contributed by atoms with Crippen molar-refractivity contribution >= 4 is 17.1 Å². The first-order chi connectivity index (χ1) is 10.1. The van der Waals surface area contributed by atoms with Crippen molar-refractivity contribution in [1.29, 1.82) is 0 Å². The molecule has 1 atom stereocenters. The number of hydrogen-bond acceptors (Lipinski definition) is 5. The van der Waals surface area contributed by atoms with Crippen molar-refractivity contribution in [3.8, 4) is 0 Å². The van der Waals surface area contributed by atoms with E-state index in [9.17, 15) is 10.1 Å². The number of anilines is 2. The minimum absolute atomic E-state index is 0.127. The zero-order chi connectivity index (χ0) is 15.2. The molecule has 1 aromatic carbocycles. The number of nitro benzene ring substituents is 1. The number of hydrogen-bond donors (Lipinski definition) is 2. The second-order valence-corrected chi connectivity index (χ2v) is 5.75. The molecule has 0 saturated carbocycles. The normalized spacial score (nSPS) is 18.7. The Labute approximate surface area is 125 Å². The largest absolute Gasteiger partial charge is 0.385 e. The van der Waals surface area contributed by atoms with Crippen LogP contribution in [0.4, 0.5) is 17.1 Å². The van der Waals surface area contributed by atoms with E-state index in [0.717, 1.165) is 44.0 Å². The molecule has 1 unspecified atom stereocenters. The van der Waals surface area contributed by atoms with Gasteiger partial charge in [0.1, 0.15) is 0 Å². The van der Waals surface area contributed by atoms with Gasteiger partial charge in [-0.05, 0) is 38.4 Å². The van der Waals surface area contributed by atoms with E-state index in [4.69, 9.17) is 0 Å². The van der Waals surface area contributed by atoms with Crippen LogP contribution in [0, 0.1) is 16.0 Å². The molecule has 2 rings (SSSR count). The second kappa shape index (κ2) is 7.26. The van der Waals surface area contributed by atoms with Crippen LogP contribution in [-0.4, -0.2) is 43.0 Å². The van der Waals surface area contributed by atoms with E-state index < -0.39 is 0 Å². The first-order valence-electron chi connectivity index (χ1n) is 7.54. The van der Waals surface area contributed by atoms with Crippen LogP contribution >= 0.6 is 0 Å². The smallest absolute Gasteiger partial charge is 0.273 e. The summed E-state index contributed by atoms with van der Waals surface area (Å²) >= 11 is 0. The third-order valence-electron chi connectivity index (χ3n) is 3.79. The summed E-state index contributed by atoms with van der Waals surface area (Å²) in [5.74, 6) is 0.612. The van der Waals surface area contributed by atoms with Crippen molar-refractivity contribution in [3.05, 3.63) is 28.3 Å². The van der Waals surface area contributed by atoms with Crippen LogP contribution in [0.15, 0.2) is 18.2 Å². The first-order valence-corrected chi connectivity index (χ1v) is 7.54. The summed E-state index contributed by atoms with van der Waals surface area (Å²) in [5, 5.41) is 17.6. The Hall–Kier alpha value is -1.82. The lowest BCUT2D eigenvalue weighted by Crippen LogP contribution is -2.19. The van der Waals surface area contributed by atoms with Gasteiger partial charge in [-0.15, -0.1) is 0 Å². The molecule has 6 heteroatoms. The third kappa shape index (κ3) is 4.60. The minimum Gasteiger partial charge on any atom is -0.385 e. The van der Waals surface area contributed by atoms with Gasteiger partial charge in [-0.2, -0.15) is 0 Å². The average molecular weight is 292 g/mol. The molecule has 21 heavy (non-hydrogen) atoms. The molecule has 1 aliphatic rings. The van der Waals surface area contributed by atoms with Gasteiger partial charge in [-0.1, -0.05) is 6.92 Å². The quantitative estimate of drug-likeness (QED) is 0.597. The monoisotopic (exact) mass is 292 g/mol. The lowest BCUT2D eigenvalue weighted by molar-refractivity contribution is -0.384. The number of non-ortho nitro benzene ring substituents is 1. The Morgan fingerprint density at radius 1 is 1.33 bits per heavy atom. The lowest BCUT2D eigenvalue weighted by Gasteiger charge is -2.14. The molecular formula is C15H24N4O2. The highest BCUT2D eigenvalue weighted by Gasteiger charge is 2.19. The molecule has 0 aromatic heterocycles. The van der Waals surface area contributed by atoms with E-state index in [1.807, 2.05) is 6.07 Å². The van der Waals surface area contributed by atoms with E-state index in [1.165, 1.54) is 6.42 Å². The van der Waals surface area contributed by atoms with Gasteiger partial charge < -0.3 is 15.5 Å². The van der Waals surface area contributed by atoms with Gasteiger partial charge in [-0.3, -0.25) is 10.1 Å². The molecule has 116 valence electrons. The Morgan fingerprint density at radius 2 is 2.05 bits per heavy atom. The molecule has 0 bridgehead atoms. The SMILES string of the molecule is CCCNc1cc(NCC2CCN(C)C2)cc([N+](=O)[O-])c1. The fourth-order valence-corrected chi connectivity index (χ4v) is 2.65. The van der Waals surface area contributed by atoms with Crippen LogP contribution < -0.4 is 10.6 Å². The number of rotatable bonds is 7. The molecule has 1 saturated heterocycles. The Kier molecular flexibility index (Phi) is 5.38. The summed E-state index contributed by atoms with van der Waals surface area (Å²) in [5.41, 5.74) is 1.75. The zero-order valence-electron chi connectivity index (χ0n) is 12.8. The fourth-order valence-electron chi connectivity index (χ4n) is 2.65. The maximum atomic E-state index is 11.0. The maximum Gasteiger partial charge on any atom is 0.273 e. The van der Waals surface area contributed by atoms with Gasteiger partial charge in [0.05, 0.1) is 4.92 Å². The van der Waals surface area contributed by atoms with Crippen molar-refractivity contribution in [2.45, 2.75) is 19.8 Å². The molecule has 0 aliphatic carbocycles. The van der Waals surface area contributed by atoms with Gasteiger partial charge >= 0.3 is 0 Å². The molecule has 1 aromatic rings. The van der Waals surface area contributed by atoms with E-state index in [1.54, 1.807) is 12.1 Å². The number of nitro groups is 1. The highest BCUT2D eigenvalue weighted by Crippen LogP contribution is 2.25. The van der Waals surface area contributed by atoms with Crippen molar-refractivity contribution in [2.75, 3.05) is 43.9 Å². The fraction of sp³-hybridized carbons (Fsp3) is 0.600. The molecule has 1 heterocycles. The van der Waals surface area contributed by atoms with Crippen molar-refractivity contribution < 1.29 is 4.92 Å². The number of nitrogens with one attached hydrogen (secondary N) is 2.